The van der Waals surface area contributed by atoms with Gasteiger partial charge in [-0.15, -0.1) is 10.2 Å². The Labute approximate surface area is 196 Å². The molecule has 0 radical (unpaired) electrons. The molecule has 2 N–H and O–H groups in total. The van der Waals surface area contributed by atoms with E-state index in [0.29, 0.717) is 28.8 Å². The molecule has 0 saturated carbocycles. The zero-order chi connectivity index (χ0) is 23.7. The third-order valence-electron chi connectivity index (χ3n) is 5.75. The number of para-hydroxylation sites is 2. The molecule has 1 amide bonds. The number of hydrogen-bond acceptors (Lipinski definition) is 7. The van der Waals surface area contributed by atoms with E-state index < -0.39 is 6.10 Å². The number of carbonyl (C=O) groups is 1. The topological polar surface area (TPSA) is 103 Å². The quantitative estimate of drug-likeness (QED) is 0.466. The smallest absolute Gasteiger partial charge is 0.269 e. The predicted molar refractivity (Wildman–Crippen MR) is 128 cm³/mol. The van der Waals surface area contributed by atoms with E-state index in [-0.39, 0.29) is 12.5 Å². The molecule has 0 aliphatic carbocycles. The Kier molecular flexibility index (Phi) is 5.59. The Morgan fingerprint density at radius 2 is 1.68 bits per heavy atom. The highest BCUT2D eigenvalue weighted by Crippen LogP contribution is 2.31. The summed E-state index contributed by atoms with van der Waals surface area (Å²) >= 11 is 0. The fraction of sp³-hybridized carbons (Fsp3) is 0.200. The van der Waals surface area contributed by atoms with Gasteiger partial charge in [0, 0.05) is 17.1 Å². The van der Waals surface area contributed by atoms with Crippen LogP contribution in [0.25, 0.3) is 5.82 Å². The minimum absolute atomic E-state index is 0.161. The maximum absolute atomic E-state index is 12.6. The average Bonchev–Trinajstić information content (AvgIpc) is 3.12. The fourth-order valence-corrected chi connectivity index (χ4v) is 3.60. The second-order valence-corrected chi connectivity index (χ2v) is 8.04. The van der Waals surface area contributed by atoms with Gasteiger partial charge in [0.2, 0.25) is 6.10 Å². The molecule has 0 saturated heterocycles. The number of benzene rings is 2. The SMILES string of the molecule is Cc1nn(-c2ccc(Nc3ccc(NC(=O)C4COc5ccccc5O4)cc3)nn2)c(C)c1C. The van der Waals surface area contributed by atoms with Crippen molar-refractivity contribution < 1.29 is 14.3 Å². The van der Waals surface area contributed by atoms with E-state index in [2.05, 4.69) is 25.9 Å². The maximum atomic E-state index is 12.6. The molecule has 4 aromatic rings. The van der Waals surface area contributed by atoms with Crippen LogP contribution in [0.2, 0.25) is 0 Å². The highest BCUT2D eigenvalue weighted by molar-refractivity contribution is 5.94. The maximum Gasteiger partial charge on any atom is 0.269 e. The van der Waals surface area contributed by atoms with Crippen molar-refractivity contribution in [3.05, 3.63) is 77.6 Å². The first-order chi connectivity index (χ1) is 16.5. The van der Waals surface area contributed by atoms with E-state index in [4.69, 9.17) is 9.47 Å². The Morgan fingerprint density at radius 1 is 0.941 bits per heavy atom. The third-order valence-corrected chi connectivity index (χ3v) is 5.75. The predicted octanol–water partition coefficient (Wildman–Crippen LogP) is 4.11. The normalized spacial score (nSPS) is 14.5. The Hall–Kier alpha value is -4.40. The lowest BCUT2D eigenvalue weighted by molar-refractivity contribution is -0.125. The van der Waals surface area contributed by atoms with Crippen LogP contribution in [-0.4, -0.2) is 38.6 Å². The molecule has 3 heterocycles. The van der Waals surface area contributed by atoms with Gasteiger partial charge in [0.1, 0.15) is 6.61 Å². The summed E-state index contributed by atoms with van der Waals surface area (Å²) in [5.41, 5.74) is 4.62. The van der Waals surface area contributed by atoms with Crippen LogP contribution in [-0.2, 0) is 4.79 Å². The van der Waals surface area contributed by atoms with Gasteiger partial charge in [-0.3, -0.25) is 4.79 Å². The first-order valence-corrected chi connectivity index (χ1v) is 10.9. The van der Waals surface area contributed by atoms with E-state index in [0.717, 1.165) is 22.6 Å². The molecule has 0 spiro atoms. The number of hydrogen-bond donors (Lipinski definition) is 2. The number of nitrogens with zero attached hydrogens (tertiary/aromatic N) is 4. The highest BCUT2D eigenvalue weighted by atomic mass is 16.6. The number of carbonyl (C=O) groups excluding carboxylic acids is 1. The van der Waals surface area contributed by atoms with E-state index in [1.807, 2.05) is 63.2 Å². The van der Waals surface area contributed by atoms with E-state index in [9.17, 15) is 4.79 Å². The van der Waals surface area contributed by atoms with Crippen LogP contribution >= 0.6 is 0 Å². The van der Waals surface area contributed by atoms with Gasteiger partial charge in [-0.2, -0.15) is 5.10 Å². The molecule has 1 aliphatic heterocycles. The first-order valence-electron chi connectivity index (χ1n) is 10.9. The van der Waals surface area contributed by atoms with Gasteiger partial charge < -0.3 is 20.1 Å². The van der Waals surface area contributed by atoms with Crippen molar-refractivity contribution in [2.24, 2.45) is 0 Å². The molecule has 0 bridgehead atoms. The first kappa shape index (κ1) is 21.4. The summed E-state index contributed by atoms with van der Waals surface area (Å²) in [6.45, 7) is 6.19. The van der Waals surface area contributed by atoms with Crippen molar-refractivity contribution in [1.82, 2.24) is 20.0 Å². The summed E-state index contributed by atoms with van der Waals surface area (Å²) in [6.07, 6.45) is -0.715. The molecule has 5 rings (SSSR count). The van der Waals surface area contributed by atoms with Crippen LogP contribution in [0, 0.1) is 20.8 Å². The van der Waals surface area contributed by atoms with Crippen LogP contribution in [0.15, 0.2) is 60.7 Å². The van der Waals surface area contributed by atoms with Crippen LogP contribution in [0.4, 0.5) is 17.2 Å². The van der Waals surface area contributed by atoms with E-state index in [1.165, 1.54) is 0 Å². The zero-order valence-electron chi connectivity index (χ0n) is 19.1. The van der Waals surface area contributed by atoms with Crippen molar-refractivity contribution in [2.45, 2.75) is 26.9 Å². The summed E-state index contributed by atoms with van der Waals surface area (Å²) in [5, 5.41) is 19.1. The van der Waals surface area contributed by atoms with E-state index >= 15 is 0 Å². The number of amides is 1. The van der Waals surface area contributed by atoms with Crippen molar-refractivity contribution in [3.8, 4) is 17.3 Å². The van der Waals surface area contributed by atoms with Crippen LogP contribution in [0.1, 0.15) is 17.0 Å². The molecule has 1 atom stereocenters. The monoisotopic (exact) mass is 456 g/mol. The van der Waals surface area contributed by atoms with Gasteiger partial charge in [-0.05, 0) is 74.9 Å². The lowest BCUT2D eigenvalue weighted by Crippen LogP contribution is -2.40. The Morgan fingerprint density at radius 3 is 2.35 bits per heavy atom. The number of anilines is 3. The summed E-state index contributed by atoms with van der Waals surface area (Å²) in [4.78, 5) is 12.6. The molecule has 1 unspecified atom stereocenters. The lowest BCUT2D eigenvalue weighted by atomic mass is 10.2. The molecule has 1 aliphatic rings. The minimum Gasteiger partial charge on any atom is -0.485 e. The van der Waals surface area contributed by atoms with Crippen molar-refractivity contribution in [3.63, 3.8) is 0 Å². The Balaban J connectivity index is 1.20. The van der Waals surface area contributed by atoms with Crippen LogP contribution < -0.4 is 20.1 Å². The molecule has 172 valence electrons. The molecular weight excluding hydrogens is 432 g/mol. The fourth-order valence-electron chi connectivity index (χ4n) is 3.60. The summed E-state index contributed by atoms with van der Waals surface area (Å²) < 4.78 is 13.2. The molecule has 9 heteroatoms. The summed E-state index contributed by atoms with van der Waals surface area (Å²) in [6, 6.07) is 18.3. The summed E-state index contributed by atoms with van der Waals surface area (Å²) in [5.74, 6) is 2.20. The lowest BCUT2D eigenvalue weighted by Gasteiger charge is -2.25. The number of aryl methyl sites for hydroxylation is 1. The second kappa shape index (κ2) is 8.86. The van der Waals surface area contributed by atoms with Crippen molar-refractivity contribution >= 4 is 23.1 Å². The molecule has 34 heavy (non-hydrogen) atoms. The number of fused-ring (bicyclic) bond motifs is 1. The molecule has 2 aromatic carbocycles. The average molecular weight is 457 g/mol. The largest absolute Gasteiger partial charge is 0.485 e. The molecular formula is C25H24N6O3. The van der Waals surface area contributed by atoms with Gasteiger partial charge in [-0.25, -0.2) is 4.68 Å². The van der Waals surface area contributed by atoms with E-state index in [1.54, 1.807) is 22.9 Å². The highest BCUT2D eigenvalue weighted by Gasteiger charge is 2.27. The Bertz CT molecular complexity index is 1330. The number of aromatic nitrogens is 4. The molecule has 9 nitrogen and oxygen atoms in total. The standard InChI is InChI=1S/C25H24N6O3/c1-15-16(2)30-31(17(15)3)24-13-12-23(28-29-24)26-18-8-10-19(11-9-18)27-25(32)22-14-33-20-6-4-5-7-21(20)34-22/h4-13,22H,14H2,1-3H3,(H,26,28)(H,27,32). The van der Waals surface area contributed by atoms with Gasteiger partial charge >= 0.3 is 0 Å². The number of nitrogens with one attached hydrogen (secondary N) is 2. The summed E-state index contributed by atoms with van der Waals surface area (Å²) in [7, 11) is 0. The zero-order valence-corrected chi connectivity index (χ0v) is 19.1. The number of ether oxygens (including phenoxy) is 2. The van der Waals surface area contributed by atoms with Crippen LogP contribution in [0.5, 0.6) is 11.5 Å². The van der Waals surface area contributed by atoms with Gasteiger partial charge in [0.15, 0.2) is 23.1 Å². The third kappa shape index (κ3) is 4.27. The van der Waals surface area contributed by atoms with Gasteiger partial charge in [0.05, 0.1) is 5.69 Å². The minimum atomic E-state index is -0.715. The van der Waals surface area contributed by atoms with Gasteiger partial charge in [0.25, 0.3) is 5.91 Å². The molecule has 2 aromatic heterocycles. The van der Waals surface area contributed by atoms with Crippen molar-refractivity contribution in [2.75, 3.05) is 17.2 Å². The van der Waals surface area contributed by atoms with Crippen LogP contribution in [0.3, 0.4) is 0 Å². The van der Waals surface area contributed by atoms with Gasteiger partial charge in [-0.1, -0.05) is 12.1 Å². The second-order valence-electron chi connectivity index (χ2n) is 8.04. The van der Waals surface area contributed by atoms with Crippen molar-refractivity contribution in [1.29, 1.82) is 0 Å². The number of rotatable bonds is 5. The molecule has 0 fully saturated rings.